The zero-order valence-corrected chi connectivity index (χ0v) is 31.0. The Morgan fingerprint density at radius 3 is 2.06 bits per heavy atom. The fourth-order valence-corrected chi connectivity index (χ4v) is 9.44. The van der Waals surface area contributed by atoms with Gasteiger partial charge < -0.3 is 9.80 Å². The van der Waals surface area contributed by atoms with Crippen molar-refractivity contribution in [1.82, 2.24) is 0 Å². The summed E-state index contributed by atoms with van der Waals surface area (Å²) >= 11 is 0. The summed E-state index contributed by atoms with van der Waals surface area (Å²) in [6, 6.07) is 33.0. The van der Waals surface area contributed by atoms with Crippen LogP contribution < -0.4 is 20.7 Å². The summed E-state index contributed by atoms with van der Waals surface area (Å²) in [7, 11) is 0. The minimum Gasteiger partial charge on any atom is -0.335 e. The van der Waals surface area contributed by atoms with Crippen LogP contribution in [0, 0.1) is 5.41 Å². The van der Waals surface area contributed by atoms with E-state index in [1.807, 2.05) is 0 Å². The van der Waals surface area contributed by atoms with E-state index >= 15 is 0 Å². The third kappa shape index (κ3) is 4.54. The molecule has 5 aliphatic rings. The van der Waals surface area contributed by atoms with Crippen molar-refractivity contribution < 1.29 is 0 Å². The van der Waals surface area contributed by atoms with Gasteiger partial charge >= 0.3 is 0 Å². The maximum atomic E-state index is 2.76. The SMILES string of the molecule is CC(C)(C)C1=CC2c3cc(C(C)(C)C)cc4c3N(c3cc(C(C)(C)c5ccccc5)cc5c3B4C3=CC=CCC3N5c3ccccc3)C2C=C1. The zero-order chi connectivity index (χ0) is 34.7. The van der Waals surface area contributed by atoms with Gasteiger partial charge in [0.05, 0.1) is 12.1 Å². The first-order valence-corrected chi connectivity index (χ1v) is 18.7. The third-order valence-corrected chi connectivity index (χ3v) is 12.3. The second-order valence-corrected chi connectivity index (χ2v) is 17.8. The van der Waals surface area contributed by atoms with Crippen molar-refractivity contribution in [1.29, 1.82) is 0 Å². The summed E-state index contributed by atoms with van der Waals surface area (Å²) in [5, 5.41) is 0. The van der Waals surface area contributed by atoms with Crippen molar-refractivity contribution >= 4 is 40.4 Å². The molecular formula is C47H49BN2. The van der Waals surface area contributed by atoms with Crippen molar-refractivity contribution in [3.05, 3.63) is 155 Å². The van der Waals surface area contributed by atoms with Crippen LogP contribution >= 0.6 is 0 Å². The van der Waals surface area contributed by atoms with Gasteiger partial charge in [0.15, 0.2) is 0 Å². The predicted octanol–water partition coefficient (Wildman–Crippen LogP) is 10.3. The molecule has 0 amide bonds. The first-order chi connectivity index (χ1) is 23.8. The molecule has 0 spiro atoms. The van der Waals surface area contributed by atoms with Crippen LogP contribution in [0.5, 0.6) is 0 Å². The van der Waals surface area contributed by atoms with Crippen LogP contribution in [-0.4, -0.2) is 18.8 Å². The summed E-state index contributed by atoms with van der Waals surface area (Å²) in [4.78, 5) is 5.44. The highest BCUT2D eigenvalue weighted by Gasteiger charge is 2.52. The second kappa shape index (κ2) is 10.8. The molecule has 0 fully saturated rings. The number of nitrogens with zero attached hydrogens (tertiary/aromatic N) is 2. The summed E-state index contributed by atoms with van der Waals surface area (Å²) in [5.74, 6) is 0.299. The Hall–Kier alpha value is -4.50. The van der Waals surface area contributed by atoms with Crippen molar-refractivity contribution in [2.45, 2.75) is 90.6 Å². The van der Waals surface area contributed by atoms with Gasteiger partial charge in [-0.15, -0.1) is 0 Å². The number of anilines is 4. The normalized spacial score (nSPS) is 21.7. The Labute approximate surface area is 300 Å². The van der Waals surface area contributed by atoms with E-state index in [9.17, 15) is 0 Å². The number of hydrogen-bond acceptors (Lipinski definition) is 2. The molecule has 0 saturated heterocycles. The van der Waals surface area contributed by atoms with Crippen molar-refractivity contribution in [3.8, 4) is 0 Å². The zero-order valence-electron chi connectivity index (χ0n) is 31.0. The topological polar surface area (TPSA) is 6.48 Å². The smallest absolute Gasteiger partial charge is 0.247 e. The number of fused-ring (bicyclic) bond motifs is 7. The Balaban J connectivity index is 1.39. The first-order valence-electron chi connectivity index (χ1n) is 18.7. The second-order valence-electron chi connectivity index (χ2n) is 17.8. The largest absolute Gasteiger partial charge is 0.335 e. The van der Waals surface area contributed by atoms with Crippen LogP contribution in [-0.2, 0) is 10.8 Å². The van der Waals surface area contributed by atoms with Crippen molar-refractivity contribution in [3.63, 3.8) is 0 Å². The van der Waals surface area contributed by atoms with Gasteiger partial charge in [-0.2, -0.15) is 0 Å². The number of benzene rings is 4. The molecule has 3 heteroatoms. The van der Waals surface area contributed by atoms with Crippen LogP contribution in [0.2, 0.25) is 0 Å². The molecule has 4 aromatic rings. The highest BCUT2D eigenvalue weighted by molar-refractivity contribution is 6.95. The van der Waals surface area contributed by atoms with Crippen LogP contribution in [0.25, 0.3) is 0 Å². The van der Waals surface area contributed by atoms with Crippen molar-refractivity contribution in [2.24, 2.45) is 5.41 Å². The Kier molecular flexibility index (Phi) is 6.77. The maximum absolute atomic E-state index is 2.76. The summed E-state index contributed by atoms with van der Waals surface area (Å²) < 4.78 is 0. The monoisotopic (exact) mass is 652 g/mol. The van der Waals surface area contributed by atoms with E-state index in [-0.39, 0.29) is 35.0 Å². The van der Waals surface area contributed by atoms with Gasteiger partial charge in [0.2, 0.25) is 6.71 Å². The van der Waals surface area contributed by atoms with Gasteiger partial charge in [-0.1, -0.05) is 158 Å². The highest BCUT2D eigenvalue weighted by Crippen LogP contribution is 2.54. The van der Waals surface area contributed by atoms with Gasteiger partial charge in [0.25, 0.3) is 0 Å². The molecule has 4 aromatic carbocycles. The first kappa shape index (κ1) is 31.5. The lowest BCUT2D eigenvalue weighted by molar-refractivity contribution is 0.507. The minimum atomic E-state index is -0.187. The van der Waals surface area contributed by atoms with Crippen LogP contribution in [0.3, 0.4) is 0 Å². The molecule has 3 heterocycles. The Morgan fingerprint density at radius 2 is 1.38 bits per heavy atom. The molecule has 0 N–H and O–H groups in total. The third-order valence-electron chi connectivity index (χ3n) is 12.3. The standard InChI is InChI=1S/C47H49BN2/c1-45(2,3)31-23-24-39-35(25-31)36-26-32(46(4,5)6)27-38-44(36)50(39)42-29-33(47(7,8)30-17-11-9-12-18-30)28-41-43(42)48(38)37-21-15-16-22-40(37)49(41)34-19-13-10-14-20-34/h9-21,23-29,35,39-40H,22H2,1-8H3. The number of rotatable bonds is 3. The van der Waals surface area contributed by atoms with Crippen molar-refractivity contribution in [2.75, 3.05) is 9.80 Å². The number of hydrogen-bond donors (Lipinski definition) is 0. The molecular weight excluding hydrogens is 603 g/mol. The van der Waals surface area contributed by atoms with E-state index in [0.29, 0.717) is 5.92 Å². The number of allylic oxidation sites excluding steroid dienone is 4. The lowest BCUT2D eigenvalue weighted by atomic mass is 9.31. The lowest BCUT2D eigenvalue weighted by Gasteiger charge is -2.49. The Morgan fingerprint density at radius 1 is 0.700 bits per heavy atom. The van der Waals surface area contributed by atoms with E-state index in [1.165, 1.54) is 67.0 Å². The minimum absolute atomic E-state index is 0.0349. The van der Waals surface area contributed by atoms with Gasteiger partial charge in [-0.25, -0.2) is 0 Å². The predicted molar refractivity (Wildman–Crippen MR) is 215 cm³/mol. The van der Waals surface area contributed by atoms with Gasteiger partial charge in [-0.05, 0) is 80.3 Å². The molecule has 250 valence electrons. The molecule has 0 bridgehead atoms. The number of para-hydroxylation sites is 1. The molecule has 2 nitrogen and oxygen atoms in total. The molecule has 2 aliphatic carbocycles. The van der Waals surface area contributed by atoms with Gasteiger partial charge in [-0.3, -0.25) is 0 Å². The fraction of sp³-hybridized carbons (Fsp3) is 0.319. The van der Waals surface area contributed by atoms with Gasteiger partial charge in [0, 0.05) is 34.1 Å². The highest BCUT2D eigenvalue weighted by atomic mass is 15.2. The maximum Gasteiger partial charge on any atom is 0.247 e. The lowest BCUT2D eigenvalue weighted by Crippen LogP contribution is -2.61. The quantitative estimate of drug-likeness (QED) is 0.203. The molecule has 3 aliphatic heterocycles. The average Bonchev–Trinajstić information content (AvgIpc) is 3.44. The molecule has 50 heavy (non-hydrogen) atoms. The molecule has 3 unspecified atom stereocenters. The summed E-state index contributed by atoms with van der Waals surface area (Å²) in [6.45, 7) is 19.2. The van der Waals surface area contributed by atoms with Crippen LogP contribution in [0.15, 0.2) is 132 Å². The van der Waals surface area contributed by atoms with E-state index < -0.39 is 0 Å². The molecule has 3 atom stereocenters. The van der Waals surface area contributed by atoms with E-state index in [2.05, 4.69) is 187 Å². The van der Waals surface area contributed by atoms with Crippen LogP contribution in [0.4, 0.5) is 22.7 Å². The summed E-state index contributed by atoms with van der Waals surface area (Å²) in [6.07, 6.45) is 15.7. The molecule has 0 aromatic heterocycles. The fourth-order valence-electron chi connectivity index (χ4n) is 9.44. The van der Waals surface area contributed by atoms with Crippen LogP contribution in [0.1, 0.15) is 90.0 Å². The average molecular weight is 653 g/mol. The molecule has 0 radical (unpaired) electrons. The van der Waals surface area contributed by atoms with E-state index in [4.69, 9.17) is 0 Å². The van der Waals surface area contributed by atoms with Gasteiger partial charge in [0.1, 0.15) is 0 Å². The molecule has 0 saturated carbocycles. The molecule has 9 rings (SSSR count). The summed E-state index contributed by atoms with van der Waals surface area (Å²) in [5.41, 5.74) is 16.9. The van der Waals surface area contributed by atoms with E-state index in [1.54, 1.807) is 0 Å². The van der Waals surface area contributed by atoms with E-state index in [0.717, 1.165) is 6.42 Å². The Bertz CT molecular complexity index is 2150.